The number of aromatic nitrogens is 3. The molecule has 0 aliphatic heterocycles. The molecule has 0 aliphatic rings. The molecule has 2 aromatic heterocycles. The SMILES string of the molecule is CC(C)Nc1cc(-n2cccn2)ncc1C#C[Si](C)(C)C. The first-order valence-corrected chi connectivity index (χ1v) is 10.6. The summed E-state index contributed by atoms with van der Waals surface area (Å²) in [5, 5.41) is 7.66. The third-order valence-corrected chi connectivity index (χ3v) is 3.52. The lowest BCUT2D eigenvalue weighted by Crippen LogP contribution is -2.17. The normalized spacial score (nSPS) is 11.1. The summed E-state index contributed by atoms with van der Waals surface area (Å²) >= 11 is 0. The van der Waals surface area contributed by atoms with E-state index in [9.17, 15) is 0 Å². The van der Waals surface area contributed by atoms with Gasteiger partial charge in [0.1, 0.15) is 8.07 Å². The van der Waals surface area contributed by atoms with Gasteiger partial charge in [-0.2, -0.15) is 5.10 Å². The Morgan fingerprint density at radius 1 is 1.29 bits per heavy atom. The van der Waals surface area contributed by atoms with Gasteiger partial charge in [0.25, 0.3) is 0 Å². The van der Waals surface area contributed by atoms with Crippen molar-refractivity contribution in [3.05, 3.63) is 36.3 Å². The molecular weight excluding hydrogens is 276 g/mol. The smallest absolute Gasteiger partial charge is 0.155 e. The Kier molecular flexibility index (Phi) is 4.49. The maximum Gasteiger partial charge on any atom is 0.155 e. The van der Waals surface area contributed by atoms with Crippen LogP contribution in [0.3, 0.4) is 0 Å². The first kappa shape index (κ1) is 15.3. The number of nitrogens with zero attached hydrogens (tertiary/aromatic N) is 3. The quantitative estimate of drug-likeness (QED) is 0.698. The van der Waals surface area contributed by atoms with Gasteiger partial charge in [-0.15, -0.1) is 5.54 Å². The second-order valence-electron chi connectivity index (χ2n) is 6.34. The van der Waals surface area contributed by atoms with Crippen LogP contribution in [0.1, 0.15) is 19.4 Å². The lowest BCUT2D eigenvalue weighted by molar-refractivity contribution is 0.842. The molecule has 2 aromatic rings. The first-order chi connectivity index (χ1) is 9.85. The Morgan fingerprint density at radius 2 is 2.05 bits per heavy atom. The molecule has 4 nitrogen and oxygen atoms in total. The minimum absolute atomic E-state index is 0.338. The second kappa shape index (κ2) is 6.14. The van der Waals surface area contributed by atoms with Crippen molar-refractivity contribution >= 4 is 13.8 Å². The van der Waals surface area contributed by atoms with Crippen LogP contribution in [-0.4, -0.2) is 28.9 Å². The summed E-state index contributed by atoms with van der Waals surface area (Å²) in [6, 6.07) is 4.22. The van der Waals surface area contributed by atoms with Gasteiger partial charge in [0.15, 0.2) is 5.82 Å². The standard InChI is InChI=1S/C16H22N4Si/c1-13(2)19-15-11-16(20-9-6-8-18-20)17-12-14(15)7-10-21(3,4)5/h6,8-9,11-13H,1-5H3,(H,17,19). The fourth-order valence-corrected chi connectivity index (χ4v) is 2.27. The predicted octanol–water partition coefficient (Wildman–Crippen LogP) is 3.32. The zero-order valence-corrected chi connectivity index (χ0v) is 14.3. The summed E-state index contributed by atoms with van der Waals surface area (Å²) in [6.45, 7) is 10.9. The van der Waals surface area contributed by atoms with Crippen LogP contribution in [0, 0.1) is 11.5 Å². The van der Waals surface area contributed by atoms with Gasteiger partial charge >= 0.3 is 0 Å². The van der Waals surface area contributed by atoms with Gasteiger partial charge in [0, 0.05) is 30.7 Å². The molecular formula is C16H22N4Si. The molecule has 1 N–H and O–H groups in total. The monoisotopic (exact) mass is 298 g/mol. The molecule has 0 atom stereocenters. The van der Waals surface area contributed by atoms with E-state index in [0.29, 0.717) is 6.04 Å². The second-order valence-corrected chi connectivity index (χ2v) is 11.1. The van der Waals surface area contributed by atoms with Gasteiger partial charge < -0.3 is 5.32 Å². The number of pyridine rings is 1. The van der Waals surface area contributed by atoms with Crippen molar-refractivity contribution in [1.29, 1.82) is 0 Å². The van der Waals surface area contributed by atoms with Gasteiger partial charge in [0.05, 0.1) is 11.3 Å². The number of hydrogen-bond acceptors (Lipinski definition) is 3. The molecule has 2 heterocycles. The van der Waals surface area contributed by atoms with Crippen molar-refractivity contribution in [2.24, 2.45) is 0 Å². The number of nitrogens with one attached hydrogen (secondary N) is 1. The summed E-state index contributed by atoms with van der Waals surface area (Å²) < 4.78 is 1.75. The summed E-state index contributed by atoms with van der Waals surface area (Å²) in [5.41, 5.74) is 5.35. The topological polar surface area (TPSA) is 42.7 Å². The molecule has 0 aliphatic carbocycles. The van der Waals surface area contributed by atoms with Crippen LogP contribution in [-0.2, 0) is 0 Å². The molecule has 0 amide bonds. The number of rotatable bonds is 3. The zero-order valence-electron chi connectivity index (χ0n) is 13.3. The number of hydrogen-bond donors (Lipinski definition) is 1. The molecule has 0 unspecified atom stereocenters. The summed E-state index contributed by atoms with van der Waals surface area (Å²) in [4.78, 5) is 4.46. The fourth-order valence-electron chi connectivity index (χ4n) is 1.76. The van der Waals surface area contributed by atoms with Crippen molar-refractivity contribution in [3.8, 4) is 17.3 Å². The van der Waals surface area contributed by atoms with E-state index in [1.807, 2.05) is 24.5 Å². The maximum absolute atomic E-state index is 4.46. The van der Waals surface area contributed by atoms with E-state index in [4.69, 9.17) is 0 Å². The average Bonchev–Trinajstić information content (AvgIpc) is 2.89. The molecule has 2 rings (SSSR count). The minimum Gasteiger partial charge on any atom is -0.382 e. The summed E-state index contributed by atoms with van der Waals surface area (Å²) in [5.74, 6) is 4.08. The van der Waals surface area contributed by atoms with E-state index in [0.717, 1.165) is 17.1 Å². The van der Waals surface area contributed by atoms with E-state index in [1.165, 1.54) is 0 Å². The third kappa shape index (κ3) is 4.47. The van der Waals surface area contributed by atoms with Crippen molar-refractivity contribution in [3.63, 3.8) is 0 Å². The van der Waals surface area contributed by atoms with E-state index in [2.05, 4.69) is 60.4 Å². The molecule has 0 saturated heterocycles. The van der Waals surface area contributed by atoms with Gasteiger partial charge in [-0.3, -0.25) is 0 Å². The van der Waals surface area contributed by atoms with Gasteiger partial charge in [-0.25, -0.2) is 9.67 Å². The lowest BCUT2D eigenvalue weighted by atomic mass is 10.2. The van der Waals surface area contributed by atoms with Crippen LogP contribution in [0.15, 0.2) is 30.7 Å². The maximum atomic E-state index is 4.46. The molecule has 5 heteroatoms. The molecule has 0 radical (unpaired) electrons. The minimum atomic E-state index is -1.40. The van der Waals surface area contributed by atoms with Crippen molar-refractivity contribution in [2.45, 2.75) is 39.5 Å². The third-order valence-electron chi connectivity index (χ3n) is 2.65. The van der Waals surface area contributed by atoms with Crippen molar-refractivity contribution in [1.82, 2.24) is 14.8 Å². The fraction of sp³-hybridized carbons (Fsp3) is 0.375. The lowest BCUT2D eigenvalue weighted by Gasteiger charge is -2.13. The van der Waals surface area contributed by atoms with Crippen LogP contribution in [0.4, 0.5) is 5.69 Å². The number of anilines is 1. The Morgan fingerprint density at radius 3 is 2.62 bits per heavy atom. The Balaban J connectivity index is 2.42. The highest BCUT2D eigenvalue weighted by molar-refractivity contribution is 6.83. The van der Waals surface area contributed by atoms with E-state index in [-0.39, 0.29) is 0 Å². The van der Waals surface area contributed by atoms with Crippen molar-refractivity contribution < 1.29 is 0 Å². The van der Waals surface area contributed by atoms with E-state index in [1.54, 1.807) is 10.9 Å². The highest BCUT2D eigenvalue weighted by Gasteiger charge is 2.10. The van der Waals surface area contributed by atoms with Crippen LogP contribution in [0.5, 0.6) is 0 Å². The van der Waals surface area contributed by atoms with Crippen LogP contribution < -0.4 is 5.32 Å². The Bertz CT molecular complexity index is 658. The van der Waals surface area contributed by atoms with E-state index >= 15 is 0 Å². The predicted molar refractivity (Wildman–Crippen MR) is 90.3 cm³/mol. The van der Waals surface area contributed by atoms with Crippen LogP contribution in [0.25, 0.3) is 5.82 Å². The largest absolute Gasteiger partial charge is 0.382 e. The highest BCUT2D eigenvalue weighted by Crippen LogP contribution is 2.18. The molecule has 0 bridgehead atoms. The van der Waals surface area contributed by atoms with Gasteiger partial charge in [-0.1, -0.05) is 25.6 Å². The van der Waals surface area contributed by atoms with Gasteiger partial charge in [0.2, 0.25) is 0 Å². The van der Waals surface area contributed by atoms with Crippen LogP contribution >= 0.6 is 0 Å². The Hall–Kier alpha value is -2.06. The van der Waals surface area contributed by atoms with Crippen LogP contribution in [0.2, 0.25) is 19.6 Å². The molecule has 0 fully saturated rings. The molecule has 21 heavy (non-hydrogen) atoms. The van der Waals surface area contributed by atoms with E-state index < -0.39 is 8.07 Å². The van der Waals surface area contributed by atoms with Crippen molar-refractivity contribution in [2.75, 3.05) is 5.32 Å². The summed E-state index contributed by atoms with van der Waals surface area (Å²) in [6.07, 6.45) is 5.46. The summed E-state index contributed by atoms with van der Waals surface area (Å²) in [7, 11) is -1.40. The average molecular weight is 298 g/mol. The molecule has 110 valence electrons. The molecule has 0 saturated carbocycles. The molecule has 0 aromatic carbocycles. The van der Waals surface area contributed by atoms with Gasteiger partial charge in [-0.05, 0) is 19.9 Å². The highest BCUT2D eigenvalue weighted by atomic mass is 28.3. The first-order valence-electron chi connectivity index (χ1n) is 7.15. The zero-order chi connectivity index (χ0) is 15.5. The molecule has 0 spiro atoms. The Labute approximate surface area is 127 Å².